The lowest BCUT2D eigenvalue weighted by Gasteiger charge is -2.25. The molecule has 0 fully saturated rings. The van der Waals surface area contributed by atoms with Crippen LogP contribution >= 0.6 is 0 Å². The van der Waals surface area contributed by atoms with Gasteiger partial charge in [0.2, 0.25) is 17.7 Å². The van der Waals surface area contributed by atoms with E-state index in [2.05, 4.69) is 10.6 Å². The first-order chi connectivity index (χ1) is 10.1. The minimum absolute atomic E-state index is 0.245. The van der Waals surface area contributed by atoms with Crippen LogP contribution in [0.25, 0.3) is 0 Å². The smallest absolute Gasteiger partial charge is 0.325 e. The molecule has 4 unspecified atom stereocenters. The van der Waals surface area contributed by atoms with Crippen molar-refractivity contribution in [3.63, 3.8) is 0 Å². The lowest BCUT2D eigenvalue weighted by molar-refractivity contribution is -0.142. The Morgan fingerprint density at radius 3 is 2.05 bits per heavy atom. The molecule has 0 aliphatic heterocycles. The zero-order valence-corrected chi connectivity index (χ0v) is 13.0. The number of nitrogens with two attached hydrogens (primary N) is 2. The number of rotatable bonds is 9. The highest BCUT2D eigenvalue weighted by Gasteiger charge is 2.29. The SMILES string of the molecule is CCC(C)C(NC(=O)C(N)CC(N)=O)C(=O)NC(C)C(=O)O. The van der Waals surface area contributed by atoms with Crippen LogP contribution in [0.5, 0.6) is 0 Å². The van der Waals surface area contributed by atoms with E-state index < -0.39 is 41.8 Å². The molecule has 7 N–H and O–H groups in total. The second kappa shape index (κ2) is 8.98. The highest BCUT2D eigenvalue weighted by Crippen LogP contribution is 2.09. The van der Waals surface area contributed by atoms with Crippen LogP contribution in [0.2, 0.25) is 0 Å². The van der Waals surface area contributed by atoms with E-state index in [0.717, 1.165) is 0 Å². The molecule has 0 aromatic rings. The lowest BCUT2D eigenvalue weighted by atomic mass is 9.97. The fraction of sp³-hybridized carbons (Fsp3) is 0.692. The molecule has 0 aliphatic rings. The van der Waals surface area contributed by atoms with Crippen LogP contribution in [0.3, 0.4) is 0 Å². The van der Waals surface area contributed by atoms with Gasteiger partial charge in [0.25, 0.3) is 0 Å². The lowest BCUT2D eigenvalue weighted by Crippen LogP contribution is -2.56. The number of hydrogen-bond donors (Lipinski definition) is 5. The predicted octanol–water partition coefficient (Wildman–Crippen LogP) is -1.69. The third-order valence-electron chi connectivity index (χ3n) is 3.28. The second-order valence-electron chi connectivity index (χ2n) is 5.22. The van der Waals surface area contributed by atoms with Crippen LogP contribution in [0.15, 0.2) is 0 Å². The van der Waals surface area contributed by atoms with Crippen molar-refractivity contribution in [2.24, 2.45) is 17.4 Å². The fourth-order valence-corrected chi connectivity index (χ4v) is 1.64. The maximum atomic E-state index is 12.1. The van der Waals surface area contributed by atoms with Gasteiger partial charge in [-0.2, -0.15) is 0 Å². The van der Waals surface area contributed by atoms with Crippen molar-refractivity contribution in [3.8, 4) is 0 Å². The number of carboxylic acid groups (broad SMARTS) is 1. The number of primary amides is 1. The molecule has 0 aliphatic carbocycles. The third kappa shape index (κ3) is 6.53. The maximum absolute atomic E-state index is 12.1. The Morgan fingerprint density at radius 2 is 1.64 bits per heavy atom. The zero-order valence-electron chi connectivity index (χ0n) is 13.0. The molecule has 0 saturated carbocycles. The summed E-state index contributed by atoms with van der Waals surface area (Å²) >= 11 is 0. The van der Waals surface area contributed by atoms with E-state index in [-0.39, 0.29) is 12.3 Å². The predicted molar refractivity (Wildman–Crippen MR) is 78.4 cm³/mol. The molecule has 9 heteroatoms. The van der Waals surface area contributed by atoms with Crippen molar-refractivity contribution in [2.75, 3.05) is 0 Å². The third-order valence-corrected chi connectivity index (χ3v) is 3.28. The minimum Gasteiger partial charge on any atom is -0.480 e. The summed E-state index contributed by atoms with van der Waals surface area (Å²) in [6.07, 6.45) is 0.233. The molecule has 126 valence electrons. The first-order valence-electron chi connectivity index (χ1n) is 6.97. The number of carbonyl (C=O) groups is 4. The molecule has 0 rings (SSSR count). The topological polar surface area (TPSA) is 165 Å². The number of hydrogen-bond acceptors (Lipinski definition) is 5. The molecular weight excluding hydrogens is 292 g/mol. The molecule has 22 heavy (non-hydrogen) atoms. The summed E-state index contributed by atoms with van der Waals surface area (Å²) in [5.74, 6) is -3.48. The van der Waals surface area contributed by atoms with E-state index in [0.29, 0.717) is 6.42 Å². The van der Waals surface area contributed by atoms with Crippen molar-refractivity contribution in [2.45, 2.75) is 51.7 Å². The molecule has 4 atom stereocenters. The van der Waals surface area contributed by atoms with Gasteiger partial charge in [0.15, 0.2) is 0 Å². The second-order valence-corrected chi connectivity index (χ2v) is 5.22. The average Bonchev–Trinajstić information content (AvgIpc) is 2.42. The summed E-state index contributed by atoms with van der Waals surface area (Å²) < 4.78 is 0. The van der Waals surface area contributed by atoms with E-state index in [1.165, 1.54) is 6.92 Å². The van der Waals surface area contributed by atoms with Gasteiger partial charge in [0.05, 0.1) is 12.5 Å². The number of aliphatic carboxylic acids is 1. The molecule has 0 heterocycles. The van der Waals surface area contributed by atoms with Gasteiger partial charge >= 0.3 is 5.97 Å². The first-order valence-corrected chi connectivity index (χ1v) is 6.97. The number of carboxylic acids is 1. The van der Waals surface area contributed by atoms with E-state index in [9.17, 15) is 19.2 Å². The van der Waals surface area contributed by atoms with Crippen molar-refractivity contribution in [3.05, 3.63) is 0 Å². The van der Waals surface area contributed by atoms with Crippen LogP contribution < -0.4 is 22.1 Å². The van der Waals surface area contributed by atoms with Crippen molar-refractivity contribution in [1.29, 1.82) is 0 Å². The van der Waals surface area contributed by atoms with Gasteiger partial charge in [0, 0.05) is 0 Å². The highest BCUT2D eigenvalue weighted by atomic mass is 16.4. The number of carbonyl (C=O) groups excluding carboxylic acids is 3. The van der Waals surface area contributed by atoms with Crippen molar-refractivity contribution >= 4 is 23.7 Å². The van der Waals surface area contributed by atoms with E-state index in [1.54, 1.807) is 6.92 Å². The van der Waals surface area contributed by atoms with Crippen LogP contribution in [0.4, 0.5) is 0 Å². The quantitative estimate of drug-likeness (QED) is 0.340. The van der Waals surface area contributed by atoms with E-state index in [4.69, 9.17) is 16.6 Å². The van der Waals surface area contributed by atoms with Crippen molar-refractivity contribution in [1.82, 2.24) is 10.6 Å². The minimum atomic E-state index is -1.19. The summed E-state index contributed by atoms with van der Waals surface area (Å²) in [5.41, 5.74) is 10.5. The molecule has 9 nitrogen and oxygen atoms in total. The van der Waals surface area contributed by atoms with Gasteiger partial charge in [0.1, 0.15) is 12.1 Å². The molecule has 0 radical (unpaired) electrons. The normalized spacial score (nSPS) is 16.0. The summed E-state index contributed by atoms with van der Waals surface area (Å²) in [4.78, 5) is 45.5. The molecular formula is C13H24N4O5. The standard InChI is InChI=1S/C13H24N4O5/c1-4-6(2)10(12(20)16-7(3)13(21)22)17-11(19)8(14)5-9(15)18/h6-8,10H,4-5,14H2,1-3H3,(H2,15,18)(H,16,20)(H,17,19)(H,21,22). The Balaban J connectivity index is 4.91. The molecule has 0 spiro atoms. The largest absolute Gasteiger partial charge is 0.480 e. The Hall–Kier alpha value is -2.16. The molecule has 3 amide bonds. The van der Waals surface area contributed by atoms with Crippen LogP contribution in [-0.2, 0) is 19.2 Å². The molecule has 0 saturated heterocycles. The molecule has 0 aromatic carbocycles. The summed E-state index contributed by atoms with van der Waals surface area (Å²) in [5, 5.41) is 13.5. The Bertz CT molecular complexity index is 440. The fourth-order valence-electron chi connectivity index (χ4n) is 1.64. The highest BCUT2D eigenvalue weighted by molar-refractivity contribution is 5.93. The maximum Gasteiger partial charge on any atom is 0.325 e. The zero-order chi connectivity index (χ0) is 17.4. The Labute approximate surface area is 128 Å². The van der Waals surface area contributed by atoms with Crippen LogP contribution in [-0.4, -0.2) is 46.9 Å². The van der Waals surface area contributed by atoms with Gasteiger partial charge in [-0.3, -0.25) is 19.2 Å². The molecule has 0 bridgehead atoms. The Kier molecular flexibility index (Phi) is 8.10. The molecule has 0 aromatic heterocycles. The van der Waals surface area contributed by atoms with Gasteiger partial charge in [-0.1, -0.05) is 20.3 Å². The summed E-state index contributed by atoms with van der Waals surface area (Å²) in [7, 11) is 0. The first kappa shape index (κ1) is 19.8. The van der Waals surface area contributed by atoms with Gasteiger partial charge in [-0.25, -0.2) is 0 Å². The number of nitrogens with one attached hydrogen (secondary N) is 2. The van der Waals surface area contributed by atoms with Crippen LogP contribution in [0.1, 0.15) is 33.6 Å². The van der Waals surface area contributed by atoms with Gasteiger partial charge < -0.3 is 27.2 Å². The van der Waals surface area contributed by atoms with Gasteiger partial charge in [-0.15, -0.1) is 0 Å². The van der Waals surface area contributed by atoms with Gasteiger partial charge in [-0.05, 0) is 12.8 Å². The average molecular weight is 316 g/mol. The number of amides is 3. The summed E-state index contributed by atoms with van der Waals surface area (Å²) in [6, 6.07) is -3.19. The Morgan fingerprint density at radius 1 is 1.09 bits per heavy atom. The van der Waals surface area contributed by atoms with E-state index >= 15 is 0 Å². The monoisotopic (exact) mass is 316 g/mol. The van der Waals surface area contributed by atoms with E-state index in [1.807, 2.05) is 6.92 Å². The summed E-state index contributed by atoms with van der Waals surface area (Å²) in [6.45, 7) is 4.87. The van der Waals surface area contributed by atoms with Crippen molar-refractivity contribution < 1.29 is 24.3 Å². The van der Waals surface area contributed by atoms with Crippen LogP contribution in [0, 0.1) is 5.92 Å².